The van der Waals surface area contributed by atoms with Crippen LogP contribution in [0.2, 0.25) is 0 Å². The van der Waals surface area contributed by atoms with Crippen molar-refractivity contribution in [2.24, 2.45) is 34.5 Å². The zero-order valence-corrected chi connectivity index (χ0v) is 21.6. The Morgan fingerprint density at radius 1 is 1.12 bits per heavy atom. The summed E-state index contributed by atoms with van der Waals surface area (Å²) in [6.07, 6.45) is 6.77. The van der Waals surface area contributed by atoms with Crippen LogP contribution in [-0.4, -0.2) is 35.2 Å². The number of benzene rings is 1. The molecule has 3 aliphatic rings. The number of ketones is 1. The number of phenols is 1. The molecule has 2 bridgehead atoms. The molecule has 3 saturated carbocycles. The molecule has 0 amide bonds. The summed E-state index contributed by atoms with van der Waals surface area (Å²) in [5, 5.41) is 18.8. The van der Waals surface area contributed by atoms with Crippen molar-refractivity contribution in [1.82, 2.24) is 0 Å². The Labute approximate surface area is 199 Å². The number of fused-ring (bicyclic) bond motifs is 2. The van der Waals surface area contributed by atoms with Crippen molar-refractivity contribution in [1.29, 1.82) is 0 Å². The van der Waals surface area contributed by atoms with Gasteiger partial charge in [0.1, 0.15) is 17.1 Å². The van der Waals surface area contributed by atoms with Crippen molar-refractivity contribution in [2.45, 2.75) is 86.2 Å². The minimum atomic E-state index is -0.525. The number of hydrogen-bond acceptors (Lipinski definition) is 5. The highest BCUT2D eigenvalue weighted by atomic mass is 16.5. The Balaban J connectivity index is 0.000000175. The maximum absolute atomic E-state index is 11.6. The van der Waals surface area contributed by atoms with E-state index in [4.69, 9.17) is 5.11 Å². The molecule has 2 N–H and O–H groups in total. The lowest BCUT2D eigenvalue weighted by Gasteiger charge is -2.33. The van der Waals surface area contributed by atoms with E-state index in [2.05, 4.69) is 46.3 Å². The molecule has 0 aliphatic heterocycles. The largest absolute Gasteiger partial charge is 0.507 e. The fraction of sp³-hybridized carbons (Fsp3) is 0.714. The van der Waals surface area contributed by atoms with Crippen molar-refractivity contribution in [3.05, 3.63) is 29.8 Å². The van der Waals surface area contributed by atoms with Gasteiger partial charge in [-0.05, 0) is 66.9 Å². The maximum Gasteiger partial charge on any atom is 0.341 e. The van der Waals surface area contributed by atoms with Gasteiger partial charge in [-0.3, -0.25) is 4.79 Å². The molecule has 5 nitrogen and oxygen atoms in total. The zero-order chi connectivity index (χ0) is 25.0. The van der Waals surface area contributed by atoms with Crippen LogP contribution in [0.25, 0.3) is 0 Å². The van der Waals surface area contributed by atoms with Crippen LogP contribution in [0.5, 0.6) is 5.75 Å². The van der Waals surface area contributed by atoms with Gasteiger partial charge in [-0.1, -0.05) is 60.1 Å². The molecule has 5 heteroatoms. The standard InChI is InChI=1S/C10H16O.C10H20O.C8H8O3/c1-9(2)7-4-5-10(9,3)8(11)6-7;1-7(2)9-5-4-8(3)6-10(9)11;1-11-8(10)6-4-2-3-5-7(6)9/h7H,4-6H2,1-3H3;7-11H,4-6H2,1-3H3;2-5,9H,1H3/t7-,10-;;/m0../s1. The van der Waals surface area contributed by atoms with Gasteiger partial charge < -0.3 is 14.9 Å². The lowest BCUT2D eigenvalue weighted by atomic mass is 9.70. The molecule has 33 heavy (non-hydrogen) atoms. The van der Waals surface area contributed by atoms with Crippen molar-refractivity contribution < 1.29 is 24.5 Å². The minimum absolute atomic E-state index is 0.0255. The number of aromatic hydroxyl groups is 1. The van der Waals surface area contributed by atoms with Crippen molar-refractivity contribution in [2.75, 3.05) is 7.11 Å². The van der Waals surface area contributed by atoms with Gasteiger partial charge in [0.2, 0.25) is 0 Å². The normalized spacial score (nSPS) is 31.8. The fourth-order valence-electron chi connectivity index (χ4n) is 5.81. The average molecular weight is 461 g/mol. The van der Waals surface area contributed by atoms with E-state index in [9.17, 15) is 14.7 Å². The summed E-state index contributed by atoms with van der Waals surface area (Å²) in [4.78, 5) is 22.4. The van der Waals surface area contributed by atoms with Crippen LogP contribution in [0.1, 0.15) is 90.4 Å². The van der Waals surface area contributed by atoms with E-state index in [0.717, 1.165) is 25.2 Å². The van der Waals surface area contributed by atoms with E-state index in [1.807, 2.05) is 0 Å². The van der Waals surface area contributed by atoms with E-state index >= 15 is 0 Å². The first-order valence-corrected chi connectivity index (χ1v) is 12.4. The van der Waals surface area contributed by atoms with Crippen LogP contribution >= 0.6 is 0 Å². The number of aliphatic hydroxyl groups is 1. The molecule has 0 saturated heterocycles. The lowest BCUT2D eigenvalue weighted by molar-refractivity contribution is -0.128. The first-order valence-electron chi connectivity index (χ1n) is 12.4. The molecule has 4 rings (SSSR count). The number of carbonyl (C=O) groups is 2. The number of ether oxygens (including phenoxy) is 1. The van der Waals surface area contributed by atoms with Gasteiger partial charge in [0, 0.05) is 11.8 Å². The molecular weight excluding hydrogens is 416 g/mol. The van der Waals surface area contributed by atoms with E-state index in [1.165, 1.54) is 38.5 Å². The van der Waals surface area contributed by atoms with Crippen LogP contribution in [0.4, 0.5) is 0 Å². The third-order valence-electron chi connectivity index (χ3n) is 8.78. The molecule has 0 radical (unpaired) electrons. The second-order valence-electron chi connectivity index (χ2n) is 11.3. The first-order chi connectivity index (χ1) is 15.3. The number of carbonyl (C=O) groups excluding carboxylic acids is 2. The minimum Gasteiger partial charge on any atom is -0.507 e. The summed E-state index contributed by atoms with van der Waals surface area (Å²) >= 11 is 0. The molecule has 3 unspecified atom stereocenters. The van der Waals surface area contributed by atoms with Crippen LogP contribution in [0.15, 0.2) is 24.3 Å². The Morgan fingerprint density at radius 3 is 2.15 bits per heavy atom. The summed E-state index contributed by atoms with van der Waals surface area (Å²) in [6, 6.07) is 6.24. The molecule has 0 aromatic heterocycles. The number of phenolic OH excluding ortho intramolecular Hbond substituents is 1. The smallest absolute Gasteiger partial charge is 0.341 e. The van der Waals surface area contributed by atoms with Crippen molar-refractivity contribution >= 4 is 11.8 Å². The SMILES string of the molecule is CC1(C)[C@H]2CC[C@@]1(C)C(=O)C2.CC1CCC(C(C)C)C(O)C1.COC(=O)c1ccccc1O. The summed E-state index contributed by atoms with van der Waals surface area (Å²) in [5.74, 6) is 2.56. The molecule has 0 spiro atoms. The number of para-hydroxylation sites is 1. The predicted molar refractivity (Wildman–Crippen MR) is 131 cm³/mol. The Morgan fingerprint density at radius 2 is 1.76 bits per heavy atom. The van der Waals surface area contributed by atoms with Crippen LogP contribution in [0.3, 0.4) is 0 Å². The number of Topliss-reactive ketones (excluding diaryl/α,β-unsaturated/α-hetero) is 1. The van der Waals surface area contributed by atoms with E-state index < -0.39 is 5.97 Å². The number of esters is 1. The predicted octanol–water partition coefficient (Wildman–Crippen LogP) is 6.02. The Kier molecular flexibility index (Phi) is 9.15. The number of methoxy groups -OCH3 is 1. The van der Waals surface area contributed by atoms with Gasteiger partial charge >= 0.3 is 5.97 Å². The molecule has 186 valence electrons. The second kappa shape index (κ2) is 11.0. The number of aliphatic hydroxyl groups excluding tert-OH is 1. The third-order valence-corrected chi connectivity index (χ3v) is 8.78. The highest BCUT2D eigenvalue weighted by Crippen LogP contribution is 2.63. The van der Waals surface area contributed by atoms with Gasteiger partial charge in [-0.15, -0.1) is 0 Å². The quantitative estimate of drug-likeness (QED) is 0.527. The van der Waals surface area contributed by atoms with Crippen LogP contribution < -0.4 is 0 Å². The lowest BCUT2D eigenvalue weighted by Crippen LogP contribution is -2.32. The monoisotopic (exact) mass is 460 g/mol. The molecule has 0 heterocycles. The number of rotatable bonds is 2. The maximum atomic E-state index is 11.6. The summed E-state index contributed by atoms with van der Waals surface area (Å²) in [5.41, 5.74) is 0.497. The average Bonchev–Trinajstić information content (AvgIpc) is 3.07. The summed E-state index contributed by atoms with van der Waals surface area (Å²) in [6.45, 7) is 13.3. The Hall–Kier alpha value is -1.88. The topological polar surface area (TPSA) is 83.8 Å². The zero-order valence-electron chi connectivity index (χ0n) is 21.6. The van der Waals surface area contributed by atoms with Gasteiger partial charge in [0.05, 0.1) is 13.2 Å². The van der Waals surface area contributed by atoms with Gasteiger partial charge in [-0.2, -0.15) is 0 Å². The van der Waals surface area contributed by atoms with E-state index in [-0.39, 0.29) is 28.2 Å². The van der Waals surface area contributed by atoms with Crippen LogP contribution in [-0.2, 0) is 9.53 Å². The third kappa shape index (κ3) is 5.98. The van der Waals surface area contributed by atoms with Crippen molar-refractivity contribution in [3.8, 4) is 5.75 Å². The molecule has 1 aromatic carbocycles. The Bertz CT molecular complexity index is 814. The molecular formula is C28H44O5. The van der Waals surface area contributed by atoms with E-state index in [1.54, 1.807) is 12.1 Å². The molecule has 1 aromatic rings. The molecule has 3 aliphatic carbocycles. The van der Waals surface area contributed by atoms with Crippen LogP contribution in [0, 0.1) is 34.5 Å². The van der Waals surface area contributed by atoms with Gasteiger partial charge in [0.15, 0.2) is 0 Å². The molecule has 3 fully saturated rings. The number of hydrogen-bond donors (Lipinski definition) is 2. The molecule has 5 atom stereocenters. The highest BCUT2D eigenvalue weighted by Gasteiger charge is 2.61. The summed E-state index contributed by atoms with van der Waals surface area (Å²) < 4.78 is 4.42. The second-order valence-corrected chi connectivity index (χ2v) is 11.3. The van der Waals surface area contributed by atoms with E-state index in [0.29, 0.717) is 23.5 Å². The summed E-state index contributed by atoms with van der Waals surface area (Å²) in [7, 11) is 1.27. The van der Waals surface area contributed by atoms with Crippen molar-refractivity contribution in [3.63, 3.8) is 0 Å². The van der Waals surface area contributed by atoms with Gasteiger partial charge in [-0.25, -0.2) is 4.79 Å². The first kappa shape index (κ1) is 27.4. The van der Waals surface area contributed by atoms with Gasteiger partial charge in [0.25, 0.3) is 0 Å². The highest BCUT2D eigenvalue weighted by molar-refractivity contribution is 5.92. The fourth-order valence-corrected chi connectivity index (χ4v) is 5.81.